The van der Waals surface area contributed by atoms with Crippen molar-refractivity contribution < 1.29 is 22.3 Å². The first kappa shape index (κ1) is 29.7. The molecule has 1 heterocycles. The van der Waals surface area contributed by atoms with Crippen molar-refractivity contribution in [3.8, 4) is 0 Å². The zero-order chi connectivity index (χ0) is 28.8. The summed E-state index contributed by atoms with van der Waals surface area (Å²) < 4.78 is 46.6. The van der Waals surface area contributed by atoms with Gasteiger partial charge in [0, 0.05) is 12.1 Å². The number of nitrogens with zero attached hydrogens (tertiary/aromatic N) is 1. The molecule has 0 saturated heterocycles. The Morgan fingerprint density at radius 2 is 1.80 bits per heavy atom. The van der Waals surface area contributed by atoms with E-state index >= 15 is 0 Å². The van der Waals surface area contributed by atoms with Crippen LogP contribution in [-0.4, -0.2) is 45.9 Å². The number of anilines is 1. The lowest BCUT2D eigenvalue weighted by Crippen LogP contribution is -2.48. The number of fused-ring (bicyclic) bond motifs is 4. The summed E-state index contributed by atoms with van der Waals surface area (Å²) in [6.45, 7) is 1.39. The number of alkyl halides is 1. The number of nitrogens with two attached hydrogens (primary N) is 1. The number of sulfonamides is 1. The highest BCUT2D eigenvalue weighted by Gasteiger charge is 2.27. The number of hydrogen-bond acceptors (Lipinski definition) is 5. The monoisotopic (exact) mass is 567 g/mol. The van der Waals surface area contributed by atoms with Crippen LogP contribution < -0.4 is 15.4 Å². The molecule has 1 amide bonds. The van der Waals surface area contributed by atoms with Crippen molar-refractivity contribution in [3.63, 3.8) is 0 Å². The van der Waals surface area contributed by atoms with E-state index in [1.54, 1.807) is 18.2 Å². The lowest BCUT2D eigenvalue weighted by Gasteiger charge is -2.27. The van der Waals surface area contributed by atoms with Gasteiger partial charge in [-0.3, -0.25) is 9.10 Å². The molecule has 0 fully saturated rings. The summed E-state index contributed by atoms with van der Waals surface area (Å²) in [7, 11) is -3.60. The molecule has 3 aromatic rings. The van der Waals surface area contributed by atoms with E-state index in [1.165, 1.54) is 4.31 Å². The maximum atomic E-state index is 14.2. The number of nitrogens with one attached hydrogen (secondary N) is 1. The second-order valence-electron chi connectivity index (χ2n) is 10.7. The number of ether oxygens (including phenoxy) is 1. The van der Waals surface area contributed by atoms with Crippen LogP contribution in [0, 0.1) is 0 Å². The topological polar surface area (TPSA) is 102 Å². The summed E-state index contributed by atoms with van der Waals surface area (Å²) in [5, 5.41) is 3.17. The molecule has 3 aromatic carbocycles. The number of amides is 1. The number of hydrogen-bond donors (Lipinski definition) is 2. The second-order valence-corrected chi connectivity index (χ2v) is 12.6. The predicted molar refractivity (Wildman–Crippen MR) is 157 cm³/mol. The van der Waals surface area contributed by atoms with Crippen LogP contribution in [0.1, 0.15) is 58.4 Å². The Bertz CT molecular complexity index is 1420. The Balaban J connectivity index is 1.77. The Morgan fingerprint density at radius 1 is 1.05 bits per heavy atom. The number of carbonyl (C=O) groups is 1. The fraction of sp³-hybridized carbons (Fsp3) is 0.387. The van der Waals surface area contributed by atoms with E-state index in [0.29, 0.717) is 42.5 Å². The molecule has 0 spiro atoms. The van der Waals surface area contributed by atoms with Crippen LogP contribution in [0.3, 0.4) is 0 Å². The Kier molecular flexibility index (Phi) is 9.60. The highest BCUT2D eigenvalue weighted by molar-refractivity contribution is 7.92. The Labute approximate surface area is 236 Å². The molecule has 1 aliphatic rings. The zero-order valence-corrected chi connectivity index (χ0v) is 23.9. The number of rotatable bonds is 6. The first-order valence-electron chi connectivity index (χ1n) is 13.6. The lowest BCUT2D eigenvalue weighted by atomic mass is 9.91. The van der Waals surface area contributed by atoms with Gasteiger partial charge in [0.2, 0.25) is 10.0 Å². The quantitative estimate of drug-likeness (QED) is 0.450. The number of aryl methyl sites for hydroxylation is 1. The third kappa shape index (κ3) is 7.68. The molecule has 4 bridgehead atoms. The van der Waals surface area contributed by atoms with Crippen LogP contribution in [0.2, 0.25) is 0 Å². The first-order chi connectivity index (χ1) is 19.1. The summed E-state index contributed by atoms with van der Waals surface area (Å²) in [5.41, 5.74) is 9.45. The average Bonchev–Trinajstić information content (AvgIpc) is 2.93. The lowest BCUT2D eigenvalue weighted by molar-refractivity contribution is 0.0621. The summed E-state index contributed by atoms with van der Waals surface area (Å²) >= 11 is 0. The maximum absolute atomic E-state index is 14.2. The van der Waals surface area contributed by atoms with E-state index in [-0.39, 0.29) is 31.7 Å². The van der Waals surface area contributed by atoms with Crippen molar-refractivity contribution in [3.05, 3.63) is 101 Å². The van der Waals surface area contributed by atoms with Crippen LogP contribution in [-0.2, 0) is 34.2 Å². The smallest absolute Gasteiger partial charge is 0.251 e. The summed E-state index contributed by atoms with van der Waals surface area (Å²) in [6.07, 6.45) is 3.36. The minimum atomic E-state index is -3.60. The largest absolute Gasteiger partial charge is 0.375 e. The molecule has 1 aliphatic heterocycles. The molecule has 2 unspecified atom stereocenters. The molecule has 4 rings (SSSR count). The predicted octanol–water partition coefficient (Wildman–Crippen LogP) is 4.71. The van der Waals surface area contributed by atoms with Crippen molar-refractivity contribution in [2.45, 2.75) is 50.8 Å². The zero-order valence-electron chi connectivity index (χ0n) is 23.1. The van der Waals surface area contributed by atoms with Crippen LogP contribution in [0.5, 0.6) is 0 Å². The molecule has 2 atom stereocenters. The SMILES string of the molecule is CCCN(c1cc2cc(c1)C(=O)NC(c1ccccc1)CCc1cccc(c1)CC(N)(CF)COC2)S(C)(=O)=O. The fourth-order valence-electron chi connectivity index (χ4n) is 5.09. The van der Waals surface area contributed by atoms with Gasteiger partial charge in [-0.15, -0.1) is 0 Å². The van der Waals surface area contributed by atoms with E-state index in [9.17, 15) is 17.6 Å². The minimum Gasteiger partial charge on any atom is -0.375 e. The normalized spacial score (nSPS) is 20.5. The van der Waals surface area contributed by atoms with Crippen molar-refractivity contribution in [2.75, 3.05) is 30.4 Å². The van der Waals surface area contributed by atoms with Crippen molar-refractivity contribution in [1.82, 2.24) is 5.32 Å². The standard InChI is InChI=1S/C31H38FN3O4S/c1-3-14-35(40(2,37)38)28-17-25-16-27(18-28)30(36)34-29(26-10-5-4-6-11-26)13-12-23-8-7-9-24(15-23)19-31(33,21-32)22-39-20-25/h4-11,15-18,29H,3,12-14,19-22,33H2,1-2H3,(H,34,36). The van der Waals surface area contributed by atoms with Gasteiger partial charge < -0.3 is 15.8 Å². The van der Waals surface area contributed by atoms with E-state index < -0.39 is 22.2 Å². The van der Waals surface area contributed by atoms with Gasteiger partial charge in [0.1, 0.15) is 6.67 Å². The van der Waals surface area contributed by atoms with Crippen LogP contribution in [0.25, 0.3) is 0 Å². The maximum Gasteiger partial charge on any atom is 0.251 e. The minimum absolute atomic E-state index is 0.0406. The highest BCUT2D eigenvalue weighted by atomic mass is 32.2. The van der Waals surface area contributed by atoms with Crippen LogP contribution >= 0.6 is 0 Å². The van der Waals surface area contributed by atoms with Crippen LogP contribution in [0.4, 0.5) is 10.1 Å². The number of benzene rings is 3. The third-order valence-corrected chi connectivity index (χ3v) is 8.25. The van der Waals surface area contributed by atoms with Gasteiger partial charge in [-0.2, -0.15) is 0 Å². The summed E-state index contributed by atoms with van der Waals surface area (Å²) in [6, 6.07) is 22.4. The Morgan fingerprint density at radius 3 is 2.50 bits per heavy atom. The van der Waals surface area contributed by atoms with Crippen molar-refractivity contribution in [2.24, 2.45) is 5.73 Å². The van der Waals surface area contributed by atoms with Gasteiger partial charge >= 0.3 is 0 Å². The van der Waals surface area contributed by atoms with Gasteiger partial charge in [0.05, 0.1) is 36.7 Å². The molecule has 0 aliphatic carbocycles. The second kappa shape index (κ2) is 12.9. The third-order valence-electron chi connectivity index (χ3n) is 7.06. The van der Waals surface area contributed by atoms with E-state index in [4.69, 9.17) is 10.5 Å². The van der Waals surface area contributed by atoms with E-state index in [2.05, 4.69) is 5.32 Å². The van der Waals surface area contributed by atoms with Gasteiger partial charge in [-0.25, -0.2) is 12.8 Å². The Hall–Kier alpha value is -3.27. The van der Waals surface area contributed by atoms with E-state index in [0.717, 1.165) is 22.9 Å². The molecule has 0 radical (unpaired) electrons. The molecule has 9 heteroatoms. The number of carbonyl (C=O) groups excluding carboxylic acids is 1. The number of halogens is 1. The van der Waals surface area contributed by atoms with Gasteiger partial charge in [0.25, 0.3) is 5.91 Å². The molecule has 7 nitrogen and oxygen atoms in total. The highest BCUT2D eigenvalue weighted by Crippen LogP contribution is 2.26. The molecule has 40 heavy (non-hydrogen) atoms. The van der Waals surface area contributed by atoms with Crippen molar-refractivity contribution >= 4 is 21.6 Å². The molecular formula is C31H38FN3O4S. The summed E-state index contributed by atoms with van der Waals surface area (Å²) in [5.74, 6) is -0.320. The molecule has 0 saturated carbocycles. The average molecular weight is 568 g/mol. The molecule has 0 aromatic heterocycles. The van der Waals surface area contributed by atoms with Gasteiger partial charge in [-0.05, 0) is 66.1 Å². The van der Waals surface area contributed by atoms with Crippen molar-refractivity contribution in [1.29, 1.82) is 0 Å². The molecule has 3 N–H and O–H groups in total. The first-order valence-corrected chi connectivity index (χ1v) is 15.4. The fourth-order valence-corrected chi connectivity index (χ4v) is 6.10. The summed E-state index contributed by atoms with van der Waals surface area (Å²) in [4.78, 5) is 13.7. The van der Waals surface area contributed by atoms with Gasteiger partial charge in [-0.1, -0.05) is 61.5 Å². The van der Waals surface area contributed by atoms with Crippen LogP contribution in [0.15, 0.2) is 72.8 Å². The molecule has 214 valence electrons. The molecular weight excluding hydrogens is 529 g/mol. The van der Waals surface area contributed by atoms with E-state index in [1.807, 2.05) is 61.5 Å². The van der Waals surface area contributed by atoms with Gasteiger partial charge in [0.15, 0.2) is 0 Å².